The quantitative estimate of drug-likeness (QED) is 0.307. The molecule has 0 saturated carbocycles. The molecule has 0 heterocycles. The molecule has 0 fully saturated rings. The SMILES string of the molecule is O=C(O)C(C(C(=O)O)S(=O)(=O)O)S(=O)(=O)O.[Na]. The third kappa shape index (κ3) is 5.29. The van der Waals surface area contributed by atoms with Crippen LogP contribution in [-0.4, -0.2) is 88.1 Å². The van der Waals surface area contributed by atoms with E-state index in [0.29, 0.717) is 0 Å². The number of carboxylic acid groups (broad SMARTS) is 2. The van der Waals surface area contributed by atoms with Gasteiger partial charge in [0.2, 0.25) is 10.5 Å². The van der Waals surface area contributed by atoms with Gasteiger partial charge in [-0.05, 0) is 0 Å². The van der Waals surface area contributed by atoms with Crippen LogP contribution in [0.15, 0.2) is 0 Å². The smallest absolute Gasteiger partial charge is 0.326 e. The van der Waals surface area contributed by atoms with Gasteiger partial charge in [-0.3, -0.25) is 18.7 Å². The molecule has 17 heavy (non-hydrogen) atoms. The molecule has 0 aliphatic heterocycles. The Hall–Kier alpha value is -0.240. The van der Waals surface area contributed by atoms with Crippen LogP contribution in [0, 0.1) is 0 Å². The van der Waals surface area contributed by atoms with Crippen LogP contribution in [0.2, 0.25) is 0 Å². The van der Waals surface area contributed by atoms with E-state index in [4.69, 9.17) is 19.3 Å². The van der Waals surface area contributed by atoms with Gasteiger partial charge in [-0.1, -0.05) is 0 Å². The van der Waals surface area contributed by atoms with E-state index in [1.54, 1.807) is 0 Å². The van der Waals surface area contributed by atoms with Gasteiger partial charge >= 0.3 is 11.9 Å². The Labute approximate surface area is 117 Å². The monoisotopic (exact) mass is 301 g/mol. The first kappa shape index (κ1) is 19.1. The van der Waals surface area contributed by atoms with Gasteiger partial charge in [0.25, 0.3) is 20.2 Å². The first-order chi connectivity index (χ1) is 6.89. The van der Waals surface area contributed by atoms with Gasteiger partial charge in [-0.25, -0.2) is 0 Å². The zero-order chi connectivity index (χ0) is 13.3. The Bertz CT molecular complexity index is 454. The van der Waals surface area contributed by atoms with E-state index in [9.17, 15) is 26.4 Å². The first-order valence-corrected chi connectivity index (χ1v) is 6.28. The normalized spacial score (nSPS) is 15.4. The summed E-state index contributed by atoms with van der Waals surface area (Å²) in [6, 6.07) is 0. The molecular formula is C4H6NaO10S2. The van der Waals surface area contributed by atoms with Crippen LogP contribution in [-0.2, 0) is 29.8 Å². The average Bonchev–Trinajstić information content (AvgIpc) is 1.92. The molecule has 0 rings (SSSR count). The van der Waals surface area contributed by atoms with Crippen LogP contribution in [0.5, 0.6) is 0 Å². The van der Waals surface area contributed by atoms with Gasteiger partial charge in [0, 0.05) is 29.6 Å². The number of carboxylic acids is 2. The van der Waals surface area contributed by atoms with Crippen LogP contribution < -0.4 is 0 Å². The van der Waals surface area contributed by atoms with Crippen molar-refractivity contribution in [2.24, 2.45) is 0 Å². The summed E-state index contributed by atoms with van der Waals surface area (Å²) in [6.07, 6.45) is 0. The van der Waals surface area contributed by atoms with Crippen molar-refractivity contribution in [1.29, 1.82) is 0 Å². The molecule has 1 radical (unpaired) electrons. The van der Waals surface area contributed by atoms with Crippen molar-refractivity contribution < 1.29 is 45.7 Å². The van der Waals surface area contributed by atoms with Crippen molar-refractivity contribution >= 4 is 61.7 Å². The van der Waals surface area contributed by atoms with Crippen LogP contribution in [0.3, 0.4) is 0 Å². The number of aliphatic carboxylic acids is 2. The van der Waals surface area contributed by atoms with Crippen LogP contribution in [0.25, 0.3) is 0 Å². The third-order valence-corrected chi connectivity index (χ3v) is 3.81. The Balaban J connectivity index is 0. The molecule has 0 bridgehead atoms. The summed E-state index contributed by atoms with van der Waals surface area (Å²) in [6.45, 7) is 0. The first-order valence-electron chi connectivity index (χ1n) is 3.27. The Morgan fingerprint density at radius 1 is 0.765 bits per heavy atom. The minimum absolute atomic E-state index is 0. The fourth-order valence-electron chi connectivity index (χ4n) is 0.826. The van der Waals surface area contributed by atoms with Crippen molar-refractivity contribution in [3.8, 4) is 0 Å². The molecule has 0 aromatic rings. The Morgan fingerprint density at radius 2 is 0.941 bits per heavy atom. The number of hydrogen-bond donors (Lipinski definition) is 4. The maximum Gasteiger partial charge on any atom is 0.326 e. The second kappa shape index (κ2) is 6.08. The molecule has 0 aromatic carbocycles. The minimum atomic E-state index is -5.51. The molecule has 2 unspecified atom stereocenters. The maximum atomic E-state index is 10.5. The zero-order valence-corrected chi connectivity index (χ0v) is 11.8. The summed E-state index contributed by atoms with van der Waals surface area (Å²) in [5.41, 5.74) is 0. The summed E-state index contributed by atoms with van der Waals surface area (Å²) in [5, 5.41) is 10.2. The van der Waals surface area contributed by atoms with Crippen molar-refractivity contribution in [3.05, 3.63) is 0 Å². The van der Waals surface area contributed by atoms with Gasteiger partial charge in [0.05, 0.1) is 0 Å². The molecule has 0 aliphatic rings. The Kier molecular flexibility index (Phi) is 6.84. The summed E-state index contributed by atoms with van der Waals surface area (Å²) in [4.78, 5) is 20.7. The molecule has 0 saturated heterocycles. The molecule has 13 heteroatoms. The molecule has 0 spiro atoms. The van der Waals surface area contributed by atoms with E-state index >= 15 is 0 Å². The van der Waals surface area contributed by atoms with E-state index in [2.05, 4.69) is 0 Å². The molecule has 0 aliphatic carbocycles. The average molecular weight is 301 g/mol. The predicted octanol–water partition coefficient (Wildman–Crippen LogP) is -2.71. The Morgan fingerprint density at radius 3 is 1.00 bits per heavy atom. The molecular weight excluding hydrogens is 295 g/mol. The number of hydrogen-bond acceptors (Lipinski definition) is 6. The molecule has 4 N–H and O–H groups in total. The second-order valence-electron chi connectivity index (χ2n) is 2.55. The van der Waals surface area contributed by atoms with Crippen LogP contribution >= 0.6 is 0 Å². The summed E-state index contributed by atoms with van der Waals surface area (Å²) in [5.74, 6) is -4.85. The number of rotatable bonds is 5. The van der Waals surface area contributed by atoms with Crippen molar-refractivity contribution in [2.75, 3.05) is 0 Å². The fourth-order valence-corrected chi connectivity index (χ4v) is 3.04. The third-order valence-electron chi connectivity index (χ3n) is 1.40. The fraction of sp³-hybridized carbons (Fsp3) is 0.500. The van der Waals surface area contributed by atoms with Gasteiger partial charge in [-0.2, -0.15) is 16.8 Å². The zero-order valence-electron chi connectivity index (χ0n) is 8.21. The van der Waals surface area contributed by atoms with Gasteiger partial charge < -0.3 is 10.2 Å². The van der Waals surface area contributed by atoms with Gasteiger partial charge in [0.15, 0.2) is 0 Å². The predicted molar refractivity (Wildman–Crippen MR) is 51.7 cm³/mol. The summed E-state index contributed by atoms with van der Waals surface area (Å²) in [7, 11) is -11.0. The summed E-state index contributed by atoms with van der Waals surface area (Å²) < 4.78 is 58.8. The van der Waals surface area contributed by atoms with Crippen molar-refractivity contribution in [1.82, 2.24) is 0 Å². The van der Waals surface area contributed by atoms with Crippen molar-refractivity contribution in [3.63, 3.8) is 0 Å². The van der Waals surface area contributed by atoms with Gasteiger partial charge in [-0.15, -0.1) is 0 Å². The van der Waals surface area contributed by atoms with Crippen molar-refractivity contribution in [2.45, 2.75) is 10.5 Å². The standard InChI is InChI=1S/C4H6O10S2.Na/c5-3(6)1(15(9,10)11)2(4(7)8)16(12,13)14;/h1-2H,(H,5,6)(H,7,8)(H,9,10,11)(H,12,13,14);. The second-order valence-corrected chi connectivity index (χ2v) is 5.62. The van der Waals surface area contributed by atoms with E-state index < -0.39 is 42.7 Å². The minimum Gasteiger partial charge on any atom is -0.480 e. The largest absolute Gasteiger partial charge is 0.480 e. The summed E-state index contributed by atoms with van der Waals surface area (Å²) >= 11 is 0. The van der Waals surface area contributed by atoms with E-state index in [1.807, 2.05) is 0 Å². The van der Waals surface area contributed by atoms with E-state index in [-0.39, 0.29) is 29.6 Å². The van der Waals surface area contributed by atoms with E-state index in [0.717, 1.165) is 0 Å². The molecule has 2 atom stereocenters. The topological polar surface area (TPSA) is 183 Å². The molecule has 95 valence electrons. The molecule has 0 amide bonds. The number of carbonyl (C=O) groups is 2. The maximum absolute atomic E-state index is 10.5. The van der Waals surface area contributed by atoms with Crippen LogP contribution in [0.4, 0.5) is 0 Å². The van der Waals surface area contributed by atoms with Gasteiger partial charge in [0.1, 0.15) is 0 Å². The molecule has 10 nitrogen and oxygen atoms in total. The van der Waals surface area contributed by atoms with Crippen LogP contribution in [0.1, 0.15) is 0 Å². The molecule has 0 aromatic heterocycles. The van der Waals surface area contributed by atoms with E-state index in [1.165, 1.54) is 0 Å².